The lowest BCUT2D eigenvalue weighted by molar-refractivity contribution is -0.149. The first-order valence-electron chi connectivity index (χ1n) is 6.19. The third-order valence-electron chi connectivity index (χ3n) is 2.18. The van der Waals surface area contributed by atoms with E-state index >= 15 is 0 Å². The Labute approximate surface area is 108 Å². The van der Waals surface area contributed by atoms with Crippen LogP contribution in [0.5, 0.6) is 0 Å². The zero-order chi connectivity index (χ0) is 14.0. The number of nitrogens with zero attached hydrogens (tertiary/aromatic N) is 1. The normalized spacial score (nSPS) is 9.72. The maximum atomic E-state index is 11.8. The third-order valence-corrected chi connectivity index (χ3v) is 2.18. The van der Waals surface area contributed by atoms with Crippen LogP contribution in [0.15, 0.2) is 0 Å². The number of hydrogen-bond donors (Lipinski definition) is 1. The van der Waals surface area contributed by atoms with E-state index in [4.69, 9.17) is 4.74 Å². The smallest absolute Gasteiger partial charge is 0.325 e. The molecule has 0 heterocycles. The van der Waals surface area contributed by atoms with E-state index in [1.165, 1.54) is 11.8 Å². The molecule has 6 nitrogen and oxygen atoms in total. The molecule has 0 aliphatic carbocycles. The monoisotopic (exact) mass is 258 g/mol. The molecule has 0 unspecified atom stereocenters. The molecule has 0 rings (SSSR count). The lowest BCUT2D eigenvalue weighted by Gasteiger charge is -2.21. The summed E-state index contributed by atoms with van der Waals surface area (Å²) in [5, 5.41) is 2.55. The number of amides is 2. The molecule has 0 aliphatic heterocycles. The molecule has 0 aromatic heterocycles. The zero-order valence-electron chi connectivity index (χ0n) is 11.3. The quantitative estimate of drug-likeness (QED) is 0.636. The Morgan fingerprint density at radius 2 is 1.89 bits per heavy atom. The van der Waals surface area contributed by atoms with Gasteiger partial charge in [-0.15, -0.1) is 0 Å². The summed E-state index contributed by atoms with van der Waals surface area (Å²) in [6.07, 6.45) is 0.963. The maximum Gasteiger partial charge on any atom is 0.325 e. The minimum atomic E-state index is -0.404. The molecule has 104 valence electrons. The lowest BCUT2D eigenvalue weighted by atomic mass is 10.3. The number of ether oxygens (including phenoxy) is 1. The molecule has 0 aromatic rings. The first-order valence-corrected chi connectivity index (χ1v) is 6.19. The van der Waals surface area contributed by atoms with Crippen molar-refractivity contribution in [2.24, 2.45) is 0 Å². The van der Waals surface area contributed by atoms with Crippen molar-refractivity contribution in [3.63, 3.8) is 0 Å². The van der Waals surface area contributed by atoms with Gasteiger partial charge in [-0.2, -0.15) is 0 Å². The molecule has 0 saturated carbocycles. The molecule has 0 aromatic carbocycles. The van der Waals surface area contributed by atoms with Gasteiger partial charge >= 0.3 is 5.97 Å². The first-order chi connectivity index (χ1) is 8.51. The van der Waals surface area contributed by atoms with Crippen LogP contribution < -0.4 is 5.32 Å². The highest BCUT2D eigenvalue weighted by Crippen LogP contribution is 1.97. The van der Waals surface area contributed by atoms with Gasteiger partial charge in [0.1, 0.15) is 6.54 Å². The van der Waals surface area contributed by atoms with Crippen molar-refractivity contribution in [2.45, 2.75) is 33.6 Å². The Kier molecular flexibility index (Phi) is 8.61. The van der Waals surface area contributed by atoms with Crippen molar-refractivity contribution >= 4 is 17.8 Å². The molecule has 0 atom stereocenters. The second-order valence-electron chi connectivity index (χ2n) is 3.85. The van der Waals surface area contributed by atoms with Crippen molar-refractivity contribution in [1.29, 1.82) is 0 Å². The van der Waals surface area contributed by atoms with Crippen LogP contribution >= 0.6 is 0 Å². The number of hydrogen-bond acceptors (Lipinski definition) is 4. The van der Waals surface area contributed by atoms with E-state index in [0.717, 1.165) is 6.42 Å². The summed E-state index contributed by atoms with van der Waals surface area (Å²) in [7, 11) is 0. The molecule has 0 aliphatic rings. The van der Waals surface area contributed by atoms with Gasteiger partial charge in [0.15, 0.2) is 0 Å². The largest absolute Gasteiger partial charge is 0.465 e. The average Bonchev–Trinajstić information content (AvgIpc) is 2.28. The fourth-order valence-corrected chi connectivity index (χ4v) is 1.43. The third kappa shape index (κ3) is 7.65. The standard InChI is InChI=1S/C12H22N2O4/c1-4-8-14(9-12(17)18-5-2)11(16)6-7-13-10(3)15/h4-9H2,1-3H3,(H,13,15). The number of esters is 1. The van der Waals surface area contributed by atoms with Crippen LogP contribution in [-0.4, -0.2) is 48.9 Å². The predicted octanol–water partition coefficient (Wildman–Crippen LogP) is 0.314. The Morgan fingerprint density at radius 3 is 2.39 bits per heavy atom. The van der Waals surface area contributed by atoms with Gasteiger partial charge in [-0.1, -0.05) is 6.92 Å². The molecule has 18 heavy (non-hydrogen) atoms. The number of nitrogens with one attached hydrogen (secondary N) is 1. The van der Waals surface area contributed by atoms with Gasteiger partial charge in [0.05, 0.1) is 6.61 Å². The van der Waals surface area contributed by atoms with Gasteiger partial charge in [-0.25, -0.2) is 0 Å². The Bertz CT molecular complexity index is 292. The number of carbonyl (C=O) groups excluding carboxylic acids is 3. The zero-order valence-corrected chi connectivity index (χ0v) is 11.3. The highest BCUT2D eigenvalue weighted by Gasteiger charge is 2.16. The summed E-state index contributed by atoms with van der Waals surface area (Å²) in [6.45, 7) is 6.13. The van der Waals surface area contributed by atoms with Crippen LogP contribution in [0.4, 0.5) is 0 Å². The van der Waals surface area contributed by atoms with Crippen molar-refractivity contribution in [3.05, 3.63) is 0 Å². The molecule has 0 fully saturated rings. The Balaban J connectivity index is 4.17. The summed E-state index contributed by atoms with van der Waals surface area (Å²) >= 11 is 0. The number of rotatable bonds is 8. The molecule has 1 N–H and O–H groups in total. The van der Waals surface area contributed by atoms with Gasteiger partial charge in [0, 0.05) is 26.4 Å². The maximum absolute atomic E-state index is 11.8. The van der Waals surface area contributed by atoms with Crippen molar-refractivity contribution in [1.82, 2.24) is 10.2 Å². The van der Waals surface area contributed by atoms with Crippen LogP contribution in [0.1, 0.15) is 33.6 Å². The molecule has 6 heteroatoms. The Morgan fingerprint density at radius 1 is 1.22 bits per heavy atom. The summed E-state index contributed by atoms with van der Waals surface area (Å²) in [4.78, 5) is 35.3. The second kappa shape index (κ2) is 9.44. The highest BCUT2D eigenvalue weighted by molar-refractivity contribution is 5.82. The van der Waals surface area contributed by atoms with E-state index in [2.05, 4.69) is 5.32 Å². The Hall–Kier alpha value is -1.59. The van der Waals surface area contributed by atoms with Crippen LogP contribution in [-0.2, 0) is 19.1 Å². The van der Waals surface area contributed by atoms with Gasteiger partial charge in [-0.3, -0.25) is 14.4 Å². The van der Waals surface area contributed by atoms with E-state index in [9.17, 15) is 14.4 Å². The summed E-state index contributed by atoms with van der Waals surface area (Å²) < 4.78 is 4.81. The van der Waals surface area contributed by atoms with Crippen molar-refractivity contribution < 1.29 is 19.1 Å². The summed E-state index contributed by atoms with van der Waals surface area (Å²) in [5.41, 5.74) is 0. The SMILES string of the molecule is CCCN(CC(=O)OCC)C(=O)CCNC(C)=O. The molecular formula is C12H22N2O4. The van der Waals surface area contributed by atoms with Crippen molar-refractivity contribution in [3.8, 4) is 0 Å². The summed E-state index contributed by atoms with van der Waals surface area (Å²) in [6, 6.07) is 0. The molecule has 0 saturated heterocycles. The van der Waals surface area contributed by atoms with E-state index < -0.39 is 5.97 Å². The average molecular weight is 258 g/mol. The van der Waals surface area contributed by atoms with Gasteiger partial charge in [0.2, 0.25) is 11.8 Å². The minimum absolute atomic E-state index is 0.0272. The summed E-state index contributed by atoms with van der Waals surface area (Å²) in [5.74, 6) is -0.729. The predicted molar refractivity (Wildman–Crippen MR) is 66.8 cm³/mol. The molecular weight excluding hydrogens is 236 g/mol. The minimum Gasteiger partial charge on any atom is -0.465 e. The fraction of sp³-hybridized carbons (Fsp3) is 0.750. The van der Waals surface area contributed by atoms with E-state index in [0.29, 0.717) is 13.2 Å². The van der Waals surface area contributed by atoms with Crippen LogP contribution in [0.25, 0.3) is 0 Å². The van der Waals surface area contributed by atoms with Crippen LogP contribution in [0, 0.1) is 0 Å². The van der Waals surface area contributed by atoms with Crippen LogP contribution in [0.2, 0.25) is 0 Å². The van der Waals surface area contributed by atoms with Crippen molar-refractivity contribution in [2.75, 3.05) is 26.2 Å². The van der Waals surface area contributed by atoms with E-state index in [1.807, 2.05) is 6.92 Å². The fourth-order valence-electron chi connectivity index (χ4n) is 1.43. The number of carbonyl (C=O) groups is 3. The van der Waals surface area contributed by atoms with E-state index in [1.54, 1.807) is 6.92 Å². The lowest BCUT2D eigenvalue weighted by Crippen LogP contribution is -2.38. The van der Waals surface area contributed by atoms with Gasteiger partial charge in [-0.05, 0) is 13.3 Å². The van der Waals surface area contributed by atoms with Gasteiger partial charge in [0.25, 0.3) is 0 Å². The molecule has 2 amide bonds. The molecule has 0 radical (unpaired) electrons. The highest BCUT2D eigenvalue weighted by atomic mass is 16.5. The first kappa shape index (κ1) is 16.4. The van der Waals surface area contributed by atoms with Crippen LogP contribution in [0.3, 0.4) is 0 Å². The molecule has 0 bridgehead atoms. The molecule has 0 spiro atoms. The second-order valence-corrected chi connectivity index (χ2v) is 3.85. The van der Waals surface area contributed by atoms with E-state index in [-0.39, 0.29) is 31.3 Å². The van der Waals surface area contributed by atoms with Gasteiger partial charge < -0.3 is 15.0 Å². The topological polar surface area (TPSA) is 75.7 Å².